The summed E-state index contributed by atoms with van der Waals surface area (Å²) < 4.78 is 7.37. The molecule has 1 saturated carbocycles. The fraction of sp³-hybridized carbons (Fsp3) is 0.429. The van der Waals surface area contributed by atoms with Crippen LogP contribution in [0.2, 0.25) is 0 Å². The molecule has 2 aromatic heterocycles. The molecular weight excluding hydrogens is 318 g/mol. The molecule has 1 aliphatic carbocycles. The number of imide groups is 1. The molecule has 122 valence electrons. The van der Waals surface area contributed by atoms with Crippen LogP contribution in [0.3, 0.4) is 0 Å². The lowest BCUT2D eigenvalue weighted by molar-refractivity contribution is -0.117. The molecule has 0 aromatic carbocycles. The normalized spacial score (nSPS) is 13.8. The number of carbonyl (C=O) groups is 2. The van der Waals surface area contributed by atoms with Crippen molar-refractivity contribution < 1.29 is 14.0 Å². The SMILES string of the molecule is CNC(=O)NC(=O)CSc1nnc(C2CC2)n1Cc1ccco1. The monoisotopic (exact) mass is 335 g/mol. The third-order valence-electron chi connectivity index (χ3n) is 3.39. The van der Waals surface area contributed by atoms with Crippen molar-refractivity contribution in [1.82, 2.24) is 25.4 Å². The lowest BCUT2D eigenvalue weighted by Gasteiger charge is -2.08. The van der Waals surface area contributed by atoms with Crippen LogP contribution in [0.15, 0.2) is 28.0 Å². The number of urea groups is 1. The number of hydrogen-bond donors (Lipinski definition) is 2. The van der Waals surface area contributed by atoms with E-state index in [9.17, 15) is 9.59 Å². The van der Waals surface area contributed by atoms with Gasteiger partial charge in [0.05, 0.1) is 18.6 Å². The van der Waals surface area contributed by atoms with Crippen LogP contribution in [-0.4, -0.2) is 39.5 Å². The number of furan rings is 1. The van der Waals surface area contributed by atoms with Crippen molar-refractivity contribution in [1.29, 1.82) is 0 Å². The van der Waals surface area contributed by atoms with Crippen LogP contribution >= 0.6 is 11.8 Å². The van der Waals surface area contributed by atoms with Gasteiger partial charge in [0.25, 0.3) is 0 Å². The van der Waals surface area contributed by atoms with Gasteiger partial charge in [0.2, 0.25) is 5.91 Å². The molecule has 2 aromatic rings. The Kier molecular flexibility index (Phi) is 4.65. The summed E-state index contributed by atoms with van der Waals surface area (Å²) in [5.41, 5.74) is 0. The average molecular weight is 335 g/mol. The van der Waals surface area contributed by atoms with E-state index in [0.717, 1.165) is 24.4 Å². The van der Waals surface area contributed by atoms with Gasteiger partial charge in [-0.1, -0.05) is 11.8 Å². The third kappa shape index (κ3) is 3.92. The Morgan fingerprint density at radius 2 is 2.26 bits per heavy atom. The first-order valence-electron chi connectivity index (χ1n) is 7.27. The van der Waals surface area contributed by atoms with E-state index >= 15 is 0 Å². The van der Waals surface area contributed by atoms with Crippen LogP contribution in [0.4, 0.5) is 4.79 Å². The van der Waals surface area contributed by atoms with Crippen molar-refractivity contribution in [2.24, 2.45) is 0 Å². The minimum Gasteiger partial charge on any atom is -0.467 e. The maximum atomic E-state index is 11.7. The Morgan fingerprint density at radius 1 is 1.43 bits per heavy atom. The number of amides is 3. The number of nitrogens with zero attached hydrogens (tertiary/aromatic N) is 3. The molecule has 0 bridgehead atoms. The number of hydrogen-bond acceptors (Lipinski definition) is 6. The summed E-state index contributed by atoms with van der Waals surface area (Å²) >= 11 is 1.25. The van der Waals surface area contributed by atoms with E-state index in [4.69, 9.17) is 4.42 Å². The zero-order chi connectivity index (χ0) is 16.2. The van der Waals surface area contributed by atoms with Gasteiger partial charge < -0.3 is 9.73 Å². The Morgan fingerprint density at radius 3 is 2.91 bits per heavy atom. The van der Waals surface area contributed by atoms with E-state index in [2.05, 4.69) is 20.8 Å². The molecule has 3 amide bonds. The smallest absolute Gasteiger partial charge is 0.321 e. The summed E-state index contributed by atoms with van der Waals surface area (Å²) in [6.45, 7) is 0.533. The van der Waals surface area contributed by atoms with Gasteiger partial charge >= 0.3 is 6.03 Å². The molecule has 0 spiro atoms. The van der Waals surface area contributed by atoms with E-state index in [1.165, 1.54) is 18.8 Å². The van der Waals surface area contributed by atoms with Crippen molar-refractivity contribution >= 4 is 23.7 Å². The Balaban J connectivity index is 1.69. The van der Waals surface area contributed by atoms with Crippen molar-refractivity contribution in [3.63, 3.8) is 0 Å². The number of thioether (sulfide) groups is 1. The summed E-state index contributed by atoms with van der Waals surface area (Å²) in [6, 6.07) is 3.20. The summed E-state index contributed by atoms with van der Waals surface area (Å²) in [5.74, 6) is 1.88. The zero-order valence-corrected chi connectivity index (χ0v) is 13.4. The molecule has 2 heterocycles. The molecule has 8 nitrogen and oxygen atoms in total. The number of carbonyl (C=O) groups excluding carboxylic acids is 2. The molecule has 2 N–H and O–H groups in total. The van der Waals surface area contributed by atoms with Gasteiger partial charge in [0.15, 0.2) is 5.16 Å². The Bertz CT molecular complexity index is 693. The Hall–Kier alpha value is -2.29. The maximum Gasteiger partial charge on any atom is 0.321 e. The van der Waals surface area contributed by atoms with Crippen LogP contribution < -0.4 is 10.6 Å². The van der Waals surface area contributed by atoms with E-state index in [0.29, 0.717) is 17.6 Å². The van der Waals surface area contributed by atoms with Gasteiger partial charge in [-0.3, -0.25) is 14.7 Å². The maximum absolute atomic E-state index is 11.7. The second kappa shape index (κ2) is 6.86. The van der Waals surface area contributed by atoms with Crippen molar-refractivity contribution in [2.45, 2.75) is 30.5 Å². The van der Waals surface area contributed by atoms with Crippen LogP contribution in [0.1, 0.15) is 30.3 Å². The minimum absolute atomic E-state index is 0.0916. The van der Waals surface area contributed by atoms with Gasteiger partial charge in [0.1, 0.15) is 11.6 Å². The van der Waals surface area contributed by atoms with Crippen molar-refractivity contribution in [3.05, 3.63) is 30.0 Å². The third-order valence-corrected chi connectivity index (χ3v) is 4.36. The molecule has 0 aliphatic heterocycles. The first-order valence-corrected chi connectivity index (χ1v) is 8.25. The minimum atomic E-state index is -0.522. The molecule has 0 radical (unpaired) electrons. The highest BCUT2D eigenvalue weighted by molar-refractivity contribution is 7.99. The van der Waals surface area contributed by atoms with Gasteiger partial charge in [-0.25, -0.2) is 4.79 Å². The molecule has 3 rings (SSSR count). The van der Waals surface area contributed by atoms with Crippen LogP contribution in [0, 0.1) is 0 Å². The molecule has 0 unspecified atom stereocenters. The highest BCUT2D eigenvalue weighted by atomic mass is 32.2. The largest absolute Gasteiger partial charge is 0.467 e. The summed E-state index contributed by atoms with van der Waals surface area (Å²) in [7, 11) is 1.46. The predicted octanol–water partition coefficient (Wildman–Crippen LogP) is 1.34. The second-order valence-electron chi connectivity index (χ2n) is 5.20. The molecule has 0 atom stereocenters. The summed E-state index contributed by atoms with van der Waals surface area (Å²) in [6.07, 6.45) is 3.84. The van der Waals surface area contributed by atoms with E-state index < -0.39 is 6.03 Å². The van der Waals surface area contributed by atoms with E-state index in [-0.39, 0.29) is 11.7 Å². The first kappa shape index (κ1) is 15.6. The molecule has 1 aliphatic rings. The highest BCUT2D eigenvalue weighted by Gasteiger charge is 2.30. The molecule has 23 heavy (non-hydrogen) atoms. The lowest BCUT2D eigenvalue weighted by Crippen LogP contribution is -2.38. The lowest BCUT2D eigenvalue weighted by atomic mass is 10.3. The van der Waals surface area contributed by atoms with Crippen LogP contribution in [-0.2, 0) is 11.3 Å². The molecule has 9 heteroatoms. The van der Waals surface area contributed by atoms with Gasteiger partial charge in [0, 0.05) is 13.0 Å². The average Bonchev–Trinajstić information content (AvgIpc) is 3.11. The molecule has 1 fully saturated rings. The van der Waals surface area contributed by atoms with Gasteiger partial charge in [-0.05, 0) is 25.0 Å². The highest BCUT2D eigenvalue weighted by Crippen LogP contribution is 2.40. The quantitative estimate of drug-likeness (QED) is 0.773. The topological polar surface area (TPSA) is 102 Å². The van der Waals surface area contributed by atoms with E-state index in [1.807, 2.05) is 16.7 Å². The van der Waals surface area contributed by atoms with E-state index in [1.54, 1.807) is 6.26 Å². The predicted molar refractivity (Wildman–Crippen MR) is 83.1 cm³/mol. The zero-order valence-electron chi connectivity index (χ0n) is 12.6. The van der Waals surface area contributed by atoms with Gasteiger partial charge in [-0.15, -0.1) is 10.2 Å². The number of nitrogens with one attached hydrogen (secondary N) is 2. The molecular formula is C14H17N5O3S. The fourth-order valence-corrected chi connectivity index (χ4v) is 2.86. The fourth-order valence-electron chi connectivity index (χ4n) is 2.11. The van der Waals surface area contributed by atoms with Crippen molar-refractivity contribution in [3.8, 4) is 0 Å². The van der Waals surface area contributed by atoms with Gasteiger partial charge in [-0.2, -0.15) is 0 Å². The second-order valence-corrected chi connectivity index (χ2v) is 6.14. The van der Waals surface area contributed by atoms with Crippen molar-refractivity contribution in [2.75, 3.05) is 12.8 Å². The first-order chi connectivity index (χ1) is 11.2. The summed E-state index contributed by atoms with van der Waals surface area (Å²) in [5, 5.41) is 13.6. The van der Waals surface area contributed by atoms with Crippen LogP contribution in [0.25, 0.3) is 0 Å². The van der Waals surface area contributed by atoms with Crippen LogP contribution in [0.5, 0.6) is 0 Å². The Labute approximate surface area is 137 Å². The molecule has 0 saturated heterocycles. The summed E-state index contributed by atoms with van der Waals surface area (Å²) in [4.78, 5) is 22.8. The number of rotatable bonds is 6. The standard InChI is InChI=1S/C14H17N5O3S/c1-15-13(21)16-11(20)8-23-14-18-17-12(9-4-5-9)19(14)7-10-3-2-6-22-10/h2-3,6,9H,4-5,7-8H2,1H3,(H2,15,16,20,21). The number of aromatic nitrogens is 3.